The summed E-state index contributed by atoms with van der Waals surface area (Å²) in [6, 6.07) is 19.1. The number of sulfonamides is 1. The predicted molar refractivity (Wildman–Crippen MR) is 133 cm³/mol. The van der Waals surface area contributed by atoms with Crippen LogP contribution < -0.4 is 0 Å². The summed E-state index contributed by atoms with van der Waals surface area (Å²) in [4.78, 5) is 15.5. The fourth-order valence-electron chi connectivity index (χ4n) is 6.81. The van der Waals surface area contributed by atoms with Crippen LogP contribution in [0.3, 0.4) is 0 Å². The molecule has 1 heterocycles. The van der Waals surface area contributed by atoms with E-state index in [9.17, 15) is 13.2 Å². The summed E-state index contributed by atoms with van der Waals surface area (Å²) in [7, 11) is -3.73. The van der Waals surface area contributed by atoms with Crippen LogP contribution in [-0.2, 0) is 19.6 Å². The summed E-state index contributed by atoms with van der Waals surface area (Å²) < 4.78 is 27.6. The Morgan fingerprint density at radius 1 is 1.15 bits per heavy atom. The van der Waals surface area contributed by atoms with Crippen molar-refractivity contribution in [3.8, 4) is 0 Å². The number of hydrogen-bond donors (Lipinski definition) is 0. The quantitative estimate of drug-likeness (QED) is 0.397. The molecule has 0 aromatic heterocycles. The summed E-state index contributed by atoms with van der Waals surface area (Å²) in [6.07, 6.45) is 4.78. The van der Waals surface area contributed by atoms with Crippen molar-refractivity contribution in [1.82, 2.24) is 4.31 Å². The molecular formula is C27H31NO3S2. The van der Waals surface area contributed by atoms with Crippen LogP contribution in [0.1, 0.15) is 45.1 Å². The fourth-order valence-corrected chi connectivity index (χ4v) is 10.8. The number of allylic oxidation sites excluding steroid dienone is 1. The monoisotopic (exact) mass is 481 g/mol. The average Bonchev–Trinajstić information content (AvgIpc) is 3.27. The third kappa shape index (κ3) is 3.17. The van der Waals surface area contributed by atoms with Crippen molar-refractivity contribution in [1.29, 1.82) is 0 Å². The number of carbonyl (C=O) groups excluding carboxylic acids is 1. The van der Waals surface area contributed by atoms with E-state index in [1.54, 1.807) is 6.08 Å². The average molecular weight is 482 g/mol. The fraction of sp³-hybridized carbons (Fsp3) is 0.444. The minimum absolute atomic E-state index is 0.0782. The third-order valence-electron chi connectivity index (χ3n) is 8.66. The third-order valence-corrected chi connectivity index (χ3v) is 12.0. The van der Waals surface area contributed by atoms with Crippen molar-refractivity contribution in [3.63, 3.8) is 0 Å². The normalized spacial score (nSPS) is 30.5. The van der Waals surface area contributed by atoms with Gasteiger partial charge in [0.2, 0.25) is 10.0 Å². The molecule has 3 fully saturated rings. The number of nitrogens with zero attached hydrogens (tertiary/aromatic N) is 1. The maximum atomic E-state index is 14.6. The Morgan fingerprint density at radius 2 is 1.79 bits per heavy atom. The minimum atomic E-state index is -3.73. The number of thioether (sulfide) groups is 1. The van der Waals surface area contributed by atoms with Gasteiger partial charge in [0.15, 0.2) is 0 Å². The molecule has 2 saturated carbocycles. The van der Waals surface area contributed by atoms with Gasteiger partial charge in [0.05, 0.1) is 11.8 Å². The number of fused-ring (bicyclic) bond motifs is 1. The van der Waals surface area contributed by atoms with Crippen molar-refractivity contribution in [2.75, 3.05) is 5.75 Å². The molecule has 4 nitrogen and oxygen atoms in total. The van der Waals surface area contributed by atoms with Crippen LogP contribution in [-0.4, -0.2) is 30.4 Å². The lowest BCUT2D eigenvalue weighted by atomic mass is 9.69. The van der Waals surface area contributed by atoms with Crippen molar-refractivity contribution < 1.29 is 13.2 Å². The zero-order valence-electron chi connectivity index (χ0n) is 19.2. The smallest absolute Gasteiger partial charge is 0.257 e. The molecule has 4 atom stereocenters. The zero-order chi connectivity index (χ0) is 23.5. The lowest BCUT2D eigenvalue weighted by Crippen LogP contribution is -2.51. The number of carbonyl (C=O) groups is 1. The molecule has 2 aliphatic carbocycles. The van der Waals surface area contributed by atoms with Gasteiger partial charge in [-0.2, -0.15) is 0 Å². The van der Waals surface area contributed by atoms with E-state index in [-0.39, 0.29) is 28.5 Å². The number of hydrogen-bond acceptors (Lipinski definition) is 4. The largest absolute Gasteiger partial charge is 0.272 e. The lowest BCUT2D eigenvalue weighted by Gasteiger charge is -2.40. The highest BCUT2D eigenvalue weighted by Crippen LogP contribution is 2.70. The molecule has 1 spiro atoms. The number of benzene rings is 2. The Hall–Kier alpha value is -2.05. The molecule has 6 heteroatoms. The van der Waals surface area contributed by atoms with Gasteiger partial charge in [-0.3, -0.25) is 4.79 Å². The zero-order valence-corrected chi connectivity index (χ0v) is 20.9. The Balaban J connectivity index is 1.66. The standard InChI is InChI=1S/C27H31NO3S2/c1-4-16-27(20-11-7-5-8-12-20,32-22-13-9-6-10-14-22)24(29)28-23-18-21-15-17-26(23,25(21,2)3)19-33(28,30)31/h4-14,21,23H,1,15-19H2,2-3H3/t21-,23+,26-,27-/m1/s1. The number of rotatable bonds is 6. The highest BCUT2D eigenvalue weighted by Gasteiger charge is 2.73. The van der Waals surface area contributed by atoms with E-state index in [1.165, 1.54) is 16.1 Å². The van der Waals surface area contributed by atoms with Gasteiger partial charge in [-0.15, -0.1) is 18.3 Å². The van der Waals surface area contributed by atoms with E-state index >= 15 is 0 Å². The van der Waals surface area contributed by atoms with Gasteiger partial charge in [0, 0.05) is 10.3 Å². The second-order valence-electron chi connectivity index (χ2n) is 10.3. The van der Waals surface area contributed by atoms with Gasteiger partial charge in [0.25, 0.3) is 5.91 Å². The molecule has 0 N–H and O–H groups in total. The molecule has 0 unspecified atom stereocenters. The van der Waals surface area contributed by atoms with Crippen LogP contribution in [0.25, 0.3) is 0 Å². The van der Waals surface area contributed by atoms with Crippen molar-refractivity contribution >= 4 is 27.7 Å². The summed E-state index contributed by atoms with van der Waals surface area (Å²) in [5.41, 5.74) is 0.378. The van der Waals surface area contributed by atoms with E-state index in [0.29, 0.717) is 12.3 Å². The molecule has 0 radical (unpaired) electrons. The van der Waals surface area contributed by atoms with Crippen LogP contribution in [0.2, 0.25) is 0 Å². The molecular weight excluding hydrogens is 450 g/mol. The SMILES string of the molecule is C=CC[C@](Sc1ccccc1)(C(=O)N1[C@H]2C[C@H]3CC[C@]2(CS1(=O)=O)C3(C)C)c1ccccc1. The second-order valence-corrected chi connectivity index (χ2v) is 13.5. The van der Waals surface area contributed by atoms with Crippen LogP contribution in [0.5, 0.6) is 0 Å². The van der Waals surface area contributed by atoms with Gasteiger partial charge < -0.3 is 0 Å². The maximum Gasteiger partial charge on any atom is 0.257 e. The van der Waals surface area contributed by atoms with E-state index in [1.807, 2.05) is 60.7 Å². The molecule has 1 saturated heterocycles. The first-order chi connectivity index (χ1) is 15.7. The van der Waals surface area contributed by atoms with Crippen LogP contribution in [0, 0.1) is 16.7 Å². The molecule has 5 rings (SSSR count). The molecule has 1 aliphatic heterocycles. The highest BCUT2D eigenvalue weighted by molar-refractivity contribution is 8.01. The van der Waals surface area contributed by atoms with Crippen molar-refractivity contribution in [2.45, 2.75) is 55.2 Å². The molecule has 2 bridgehead atoms. The molecule has 2 aromatic carbocycles. The maximum absolute atomic E-state index is 14.6. The van der Waals surface area contributed by atoms with Crippen LogP contribution >= 0.6 is 11.8 Å². The van der Waals surface area contributed by atoms with Crippen LogP contribution in [0.15, 0.2) is 78.2 Å². The summed E-state index contributed by atoms with van der Waals surface area (Å²) in [5, 5.41) is 0. The van der Waals surface area contributed by atoms with Crippen molar-refractivity contribution in [3.05, 3.63) is 78.9 Å². The minimum Gasteiger partial charge on any atom is -0.272 e. The van der Waals surface area contributed by atoms with Gasteiger partial charge in [-0.1, -0.05) is 68.5 Å². The van der Waals surface area contributed by atoms with Gasteiger partial charge in [-0.25, -0.2) is 12.7 Å². The predicted octanol–water partition coefficient (Wildman–Crippen LogP) is 5.62. The van der Waals surface area contributed by atoms with Crippen molar-refractivity contribution in [2.24, 2.45) is 16.7 Å². The van der Waals surface area contributed by atoms with Gasteiger partial charge >= 0.3 is 0 Å². The van der Waals surface area contributed by atoms with E-state index in [4.69, 9.17) is 0 Å². The molecule has 174 valence electrons. The Bertz CT molecular complexity index is 1180. The summed E-state index contributed by atoms with van der Waals surface area (Å²) in [6.45, 7) is 8.37. The molecule has 3 aliphatic rings. The van der Waals surface area contributed by atoms with Gasteiger partial charge in [0.1, 0.15) is 4.75 Å². The molecule has 1 amide bonds. The summed E-state index contributed by atoms with van der Waals surface area (Å²) in [5.74, 6) is 0.211. The lowest BCUT2D eigenvalue weighted by molar-refractivity contribution is -0.131. The molecule has 33 heavy (non-hydrogen) atoms. The van der Waals surface area contributed by atoms with Crippen LogP contribution in [0.4, 0.5) is 0 Å². The van der Waals surface area contributed by atoms with Gasteiger partial charge in [-0.05, 0) is 54.7 Å². The van der Waals surface area contributed by atoms with E-state index in [0.717, 1.165) is 29.7 Å². The first-order valence-corrected chi connectivity index (χ1v) is 14.1. The highest BCUT2D eigenvalue weighted by atomic mass is 32.2. The summed E-state index contributed by atoms with van der Waals surface area (Å²) >= 11 is 1.43. The Morgan fingerprint density at radius 3 is 2.39 bits per heavy atom. The number of amides is 1. The first kappa shape index (κ1) is 22.7. The molecule has 2 aromatic rings. The second kappa shape index (κ2) is 7.74. The topological polar surface area (TPSA) is 54.5 Å². The first-order valence-electron chi connectivity index (χ1n) is 11.6. The Kier molecular flexibility index (Phi) is 5.33. The van der Waals surface area contributed by atoms with E-state index in [2.05, 4.69) is 20.4 Å². The Labute approximate surface area is 201 Å². The van der Waals surface area contributed by atoms with E-state index < -0.39 is 14.8 Å².